The van der Waals surface area contributed by atoms with Gasteiger partial charge in [-0.15, -0.1) is 0 Å². The van der Waals surface area contributed by atoms with Gasteiger partial charge in [0.2, 0.25) is 5.91 Å². The molecular formula is C19H22F3N3O2. The monoisotopic (exact) mass is 381 g/mol. The van der Waals surface area contributed by atoms with Crippen LogP contribution in [0.25, 0.3) is 10.9 Å². The van der Waals surface area contributed by atoms with Crippen LogP contribution in [0.2, 0.25) is 0 Å². The van der Waals surface area contributed by atoms with Crippen molar-refractivity contribution in [3.05, 3.63) is 30.5 Å². The highest BCUT2D eigenvalue weighted by molar-refractivity contribution is 5.86. The van der Waals surface area contributed by atoms with E-state index in [0.717, 1.165) is 38.9 Å². The Morgan fingerprint density at radius 3 is 2.59 bits per heavy atom. The predicted octanol–water partition coefficient (Wildman–Crippen LogP) is 2.94. The molecule has 27 heavy (non-hydrogen) atoms. The van der Waals surface area contributed by atoms with Gasteiger partial charge in [0.15, 0.2) is 0 Å². The molecule has 0 spiro atoms. The second-order valence-corrected chi connectivity index (χ2v) is 7.20. The molecule has 0 aliphatic carbocycles. The molecule has 1 aromatic carbocycles. The van der Waals surface area contributed by atoms with E-state index in [1.807, 2.05) is 0 Å². The number of aromatic nitrogens is 1. The van der Waals surface area contributed by atoms with Crippen LogP contribution in [0, 0.1) is 0 Å². The second-order valence-electron chi connectivity index (χ2n) is 7.20. The Morgan fingerprint density at radius 1 is 1.15 bits per heavy atom. The first-order chi connectivity index (χ1) is 12.9. The SMILES string of the molecule is O=C1NCCC1N1CCC(Oc2cccc3c2ccn3CC(F)(F)F)CC1. The summed E-state index contributed by atoms with van der Waals surface area (Å²) in [5.41, 5.74) is 0.518. The van der Waals surface area contributed by atoms with Gasteiger partial charge in [-0.3, -0.25) is 9.69 Å². The number of rotatable bonds is 4. The fourth-order valence-corrected chi connectivity index (χ4v) is 4.04. The number of amides is 1. The zero-order chi connectivity index (χ0) is 19.0. The minimum absolute atomic E-state index is 0.00211. The molecule has 0 radical (unpaired) electrons. The molecule has 4 rings (SSSR count). The van der Waals surface area contributed by atoms with E-state index in [4.69, 9.17) is 4.74 Å². The Balaban J connectivity index is 1.43. The number of carbonyl (C=O) groups is 1. The number of carbonyl (C=O) groups excluding carboxylic acids is 1. The van der Waals surface area contributed by atoms with Gasteiger partial charge in [0.1, 0.15) is 18.4 Å². The lowest BCUT2D eigenvalue weighted by molar-refractivity contribution is -0.139. The van der Waals surface area contributed by atoms with Crippen molar-refractivity contribution in [1.82, 2.24) is 14.8 Å². The minimum atomic E-state index is -4.26. The molecule has 3 heterocycles. The molecule has 0 bridgehead atoms. The second kappa shape index (κ2) is 7.07. The standard InChI is InChI=1S/C19H22F3N3O2/c20-19(21,22)12-25-11-7-14-15(25)2-1-3-17(14)27-13-5-9-24(10-6-13)16-4-8-23-18(16)26/h1-3,7,11,13,16H,4-6,8-10,12H2,(H,23,26). The molecule has 1 atom stereocenters. The Morgan fingerprint density at radius 2 is 1.93 bits per heavy atom. The maximum Gasteiger partial charge on any atom is 0.406 e. The number of nitrogens with one attached hydrogen (secondary N) is 1. The third-order valence-corrected chi connectivity index (χ3v) is 5.35. The Labute approximate surface area is 155 Å². The van der Waals surface area contributed by atoms with Gasteiger partial charge in [-0.1, -0.05) is 6.07 Å². The van der Waals surface area contributed by atoms with E-state index in [0.29, 0.717) is 16.7 Å². The third kappa shape index (κ3) is 3.90. The Kier molecular flexibility index (Phi) is 4.75. The van der Waals surface area contributed by atoms with Crippen LogP contribution in [-0.4, -0.2) is 53.3 Å². The molecule has 5 nitrogen and oxygen atoms in total. The van der Waals surface area contributed by atoms with Crippen molar-refractivity contribution in [2.45, 2.75) is 44.1 Å². The lowest BCUT2D eigenvalue weighted by Gasteiger charge is -2.34. The van der Waals surface area contributed by atoms with E-state index < -0.39 is 12.7 Å². The highest BCUT2D eigenvalue weighted by Crippen LogP contribution is 2.31. The molecule has 0 saturated carbocycles. The van der Waals surface area contributed by atoms with Gasteiger partial charge >= 0.3 is 6.18 Å². The summed E-state index contributed by atoms with van der Waals surface area (Å²) in [6, 6.07) is 6.84. The molecule has 146 valence electrons. The molecular weight excluding hydrogens is 359 g/mol. The van der Waals surface area contributed by atoms with Crippen LogP contribution in [0.15, 0.2) is 30.5 Å². The van der Waals surface area contributed by atoms with E-state index in [1.165, 1.54) is 10.8 Å². The third-order valence-electron chi connectivity index (χ3n) is 5.35. The molecule has 2 fully saturated rings. The van der Waals surface area contributed by atoms with E-state index in [9.17, 15) is 18.0 Å². The summed E-state index contributed by atoms with van der Waals surface area (Å²) < 4.78 is 45.5. The molecule has 2 aliphatic rings. The van der Waals surface area contributed by atoms with E-state index in [2.05, 4.69) is 10.2 Å². The number of ether oxygens (including phenoxy) is 1. The maximum absolute atomic E-state index is 12.7. The van der Waals surface area contributed by atoms with Crippen LogP contribution in [0.1, 0.15) is 19.3 Å². The van der Waals surface area contributed by atoms with Gasteiger partial charge in [-0.05, 0) is 37.5 Å². The van der Waals surface area contributed by atoms with Crippen LogP contribution in [0.5, 0.6) is 5.75 Å². The van der Waals surface area contributed by atoms with Crippen molar-refractivity contribution in [1.29, 1.82) is 0 Å². The minimum Gasteiger partial charge on any atom is -0.490 e. The summed E-state index contributed by atoms with van der Waals surface area (Å²) in [5, 5.41) is 3.56. The normalized spacial score (nSPS) is 22.3. The molecule has 8 heteroatoms. The van der Waals surface area contributed by atoms with Crippen molar-refractivity contribution >= 4 is 16.8 Å². The summed E-state index contributed by atoms with van der Waals surface area (Å²) in [6.45, 7) is 1.29. The van der Waals surface area contributed by atoms with E-state index in [1.54, 1.807) is 24.3 Å². The number of nitrogens with zero attached hydrogens (tertiary/aromatic N) is 2. The highest BCUT2D eigenvalue weighted by Gasteiger charge is 2.33. The quantitative estimate of drug-likeness (QED) is 0.886. The average molecular weight is 381 g/mol. The largest absolute Gasteiger partial charge is 0.490 e. The lowest BCUT2D eigenvalue weighted by atomic mass is 10.0. The zero-order valence-electron chi connectivity index (χ0n) is 14.8. The van der Waals surface area contributed by atoms with Crippen molar-refractivity contribution in [3.8, 4) is 5.75 Å². The first kappa shape index (κ1) is 18.2. The van der Waals surface area contributed by atoms with E-state index in [-0.39, 0.29) is 18.1 Å². The van der Waals surface area contributed by atoms with Gasteiger partial charge in [0.05, 0.1) is 11.6 Å². The van der Waals surface area contributed by atoms with Crippen molar-refractivity contribution in [2.75, 3.05) is 19.6 Å². The zero-order valence-corrected chi connectivity index (χ0v) is 14.8. The van der Waals surface area contributed by atoms with Crippen LogP contribution >= 0.6 is 0 Å². The highest BCUT2D eigenvalue weighted by atomic mass is 19.4. The summed E-state index contributed by atoms with van der Waals surface area (Å²) >= 11 is 0. The van der Waals surface area contributed by atoms with Gasteiger partial charge in [-0.25, -0.2) is 0 Å². The molecule has 2 saturated heterocycles. The number of hydrogen-bond acceptors (Lipinski definition) is 3. The van der Waals surface area contributed by atoms with E-state index >= 15 is 0 Å². The first-order valence-electron chi connectivity index (χ1n) is 9.24. The topological polar surface area (TPSA) is 46.5 Å². The van der Waals surface area contributed by atoms with Gasteiger partial charge < -0.3 is 14.6 Å². The molecule has 2 aromatic rings. The molecule has 1 amide bonds. The predicted molar refractivity (Wildman–Crippen MR) is 94.6 cm³/mol. The molecule has 1 unspecified atom stereocenters. The number of piperidine rings is 1. The number of alkyl halides is 3. The van der Waals surface area contributed by atoms with Gasteiger partial charge in [0.25, 0.3) is 0 Å². The number of fused-ring (bicyclic) bond motifs is 1. The maximum atomic E-state index is 12.7. The van der Waals surface area contributed by atoms with Crippen LogP contribution in [0.4, 0.5) is 13.2 Å². The lowest BCUT2D eigenvalue weighted by Crippen LogP contribution is -2.47. The summed E-state index contributed by atoms with van der Waals surface area (Å²) in [4.78, 5) is 14.0. The Hall–Kier alpha value is -2.22. The van der Waals surface area contributed by atoms with Crippen LogP contribution < -0.4 is 10.1 Å². The smallest absolute Gasteiger partial charge is 0.406 e. The van der Waals surface area contributed by atoms with Crippen molar-refractivity contribution < 1.29 is 22.7 Å². The molecule has 1 N–H and O–H groups in total. The number of halogens is 3. The van der Waals surface area contributed by atoms with Crippen LogP contribution in [-0.2, 0) is 11.3 Å². The van der Waals surface area contributed by atoms with Crippen LogP contribution in [0.3, 0.4) is 0 Å². The fourth-order valence-electron chi connectivity index (χ4n) is 4.04. The van der Waals surface area contributed by atoms with Crippen molar-refractivity contribution in [3.63, 3.8) is 0 Å². The number of likely N-dealkylation sites (tertiary alicyclic amines) is 1. The summed E-state index contributed by atoms with van der Waals surface area (Å²) in [7, 11) is 0. The average Bonchev–Trinajstić information content (AvgIpc) is 3.22. The number of hydrogen-bond donors (Lipinski definition) is 1. The van der Waals surface area contributed by atoms with Crippen molar-refractivity contribution in [2.24, 2.45) is 0 Å². The number of benzene rings is 1. The molecule has 1 aromatic heterocycles. The molecule has 2 aliphatic heterocycles. The summed E-state index contributed by atoms with van der Waals surface area (Å²) in [6.07, 6.45) is -0.375. The van der Waals surface area contributed by atoms with Gasteiger partial charge in [0, 0.05) is 31.2 Å². The van der Waals surface area contributed by atoms with Gasteiger partial charge in [-0.2, -0.15) is 13.2 Å². The first-order valence-corrected chi connectivity index (χ1v) is 9.24. The summed E-state index contributed by atoms with van der Waals surface area (Å²) in [5.74, 6) is 0.718. The fraction of sp³-hybridized carbons (Fsp3) is 0.526. The Bertz CT molecular complexity index is 825.